The molecule has 1 aromatic carbocycles. The number of carbonyl (C=O) groups is 2. The quantitative estimate of drug-likeness (QED) is 0.507. The van der Waals surface area contributed by atoms with Gasteiger partial charge in [0.1, 0.15) is 5.82 Å². The molecule has 168 valence electrons. The monoisotopic (exact) mass is 457 g/mol. The first-order chi connectivity index (χ1) is 15.3. The minimum Gasteiger partial charge on any atom is -0.368 e. The topological polar surface area (TPSA) is 104 Å². The van der Waals surface area contributed by atoms with Crippen molar-refractivity contribution in [2.45, 2.75) is 38.4 Å². The average molecular weight is 458 g/mol. The molecule has 0 aliphatic carbocycles. The zero-order valence-electron chi connectivity index (χ0n) is 17.6. The first-order valence-electron chi connectivity index (χ1n) is 10.5. The van der Waals surface area contributed by atoms with Crippen LogP contribution < -0.4 is 11.1 Å². The molecule has 3 aromatic rings. The highest BCUT2D eigenvalue weighted by Gasteiger charge is 2.40. The van der Waals surface area contributed by atoms with Crippen LogP contribution in [-0.4, -0.2) is 45.3 Å². The highest BCUT2D eigenvalue weighted by molar-refractivity contribution is 6.30. The lowest BCUT2D eigenvalue weighted by molar-refractivity contribution is -0.129. The van der Waals surface area contributed by atoms with Crippen LogP contribution >= 0.6 is 11.6 Å². The number of amides is 2. The number of nitrogens with zero attached hydrogens (tertiary/aromatic N) is 2. The summed E-state index contributed by atoms with van der Waals surface area (Å²) in [5, 5.41) is 3.98. The van der Waals surface area contributed by atoms with Gasteiger partial charge in [-0.05, 0) is 55.5 Å². The van der Waals surface area contributed by atoms with Gasteiger partial charge in [0.25, 0.3) is 0 Å². The predicted octanol–water partition coefficient (Wildman–Crippen LogP) is 2.78. The van der Waals surface area contributed by atoms with E-state index in [0.29, 0.717) is 25.9 Å². The Kier molecular flexibility index (Phi) is 6.43. The molecular formula is C23H25ClFN5O2. The van der Waals surface area contributed by atoms with E-state index in [1.165, 1.54) is 6.07 Å². The third-order valence-electron chi connectivity index (χ3n) is 6.07. The number of hydrogen-bond donors (Lipinski definition) is 3. The highest BCUT2D eigenvalue weighted by atomic mass is 35.5. The fraction of sp³-hybridized carbons (Fsp3) is 0.348. The third-order valence-corrected chi connectivity index (χ3v) is 6.36. The first kappa shape index (κ1) is 22.2. The van der Waals surface area contributed by atoms with Crippen molar-refractivity contribution in [3.63, 3.8) is 0 Å². The molecule has 0 bridgehead atoms. The van der Waals surface area contributed by atoms with Crippen molar-refractivity contribution < 1.29 is 14.0 Å². The minimum absolute atomic E-state index is 0.0734. The van der Waals surface area contributed by atoms with Crippen LogP contribution in [0, 0.1) is 11.7 Å². The van der Waals surface area contributed by atoms with E-state index < -0.39 is 23.8 Å². The number of likely N-dealkylation sites (tertiary alicyclic amines) is 1. The molecule has 3 heterocycles. The largest absolute Gasteiger partial charge is 0.368 e. The molecule has 9 heteroatoms. The second-order valence-electron chi connectivity index (χ2n) is 8.32. The Balaban J connectivity index is 1.39. The van der Waals surface area contributed by atoms with Gasteiger partial charge in [-0.2, -0.15) is 0 Å². The van der Waals surface area contributed by atoms with Crippen molar-refractivity contribution in [2.24, 2.45) is 11.7 Å². The summed E-state index contributed by atoms with van der Waals surface area (Å²) >= 11 is 5.89. The average Bonchev–Trinajstić information content (AvgIpc) is 3.38. The predicted molar refractivity (Wildman–Crippen MR) is 120 cm³/mol. The number of rotatable bonds is 7. The first-order valence-corrected chi connectivity index (χ1v) is 10.9. The molecule has 1 aliphatic rings. The summed E-state index contributed by atoms with van der Waals surface area (Å²) in [6, 6.07) is 7.39. The molecule has 32 heavy (non-hydrogen) atoms. The van der Waals surface area contributed by atoms with Crippen LogP contribution in [0.1, 0.15) is 24.6 Å². The molecule has 0 radical (unpaired) electrons. The number of pyridine rings is 1. The summed E-state index contributed by atoms with van der Waals surface area (Å²) in [6.07, 6.45) is 4.63. The number of carbonyl (C=O) groups excluding carboxylic acids is 2. The van der Waals surface area contributed by atoms with Crippen LogP contribution in [0.4, 0.5) is 4.39 Å². The Labute approximate surface area is 190 Å². The number of aromatic nitrogens is 2. The van der Waals surface area contributed by atoms with Gasteiger partial charge in [-0.25, -0.2) is 4.39 Å². The van der Waals surface area contributed by atoms with Crippen molar-refractivity contribution in [3.05, 3.63) is 64.8 Å². The molecule has 1 fully saturated rings. The number of nitrogens with two attached hydrogens (primary N) is 1. The SMILES string of the molecule is C[C@@H](C(=O)NCc1cc2cnccc2[nH]1)N1CC(Cc2ccc(F)c(Cl)c2)CC1C(N)=O. The van der Waals surface area contributed by atoms with Gasteiger partial charge >= 0.3 is 0 Å². The van der Waals surface area contributed by atoms with Gasteiger partial charge in [0.05, 0.1) is 23.7 Å². The second kappa shape index (κ2) is 9.26. The summed E-state index contributed by atoms with van der Waals surface area (Å²) < 4.78 is 13.4. The lowest BCUT2D eigenvalue weighted by atomic mass is 9.96. The van der Waals surface area contributed by atoms with Crippen molar-refractivity contribution >= 4 is 34.3 Å². The summed E-state index contributed by atoms with van der Waals surface area (Å²) in [6.45, 7) is 2.65. The molecule has 2 amide bonds. The van der Waals surface area contributed by atoms with E-state index in [-0.39, 0.29) is 16.8 Å². The number of nitrogens with one attached hydrogen (secondary N) is 2. The molecule has 2 aromatic heterocycles. The van der Waals surface area contributed by atoms with E-state index >= 15 is 0 Å². The summed E-state index contributed by atoms with van der Waals surface area (Å²) in [4.78, 5) is 34.1. The Morgan fingerprint density at radius 3 is 2.91 bits per heavy atom. The molecular weight excluding hydrogens is 433 g/mol. The summed E-state index contributed by atoms with van der Waals surface area (Å²) in [5.74, 6) is -0.994. The third kappa shape index (κ3) is 4.76. The fourth-order valence-electron chi connectivity index (χ4n) is 4.41. The van der Waals surface area contributed by atoms with Crippen LogP contribution in [0.3, 0.4) is 0 Å². The van der Waals surface area contributed by atoms with Gasteiger partial charge in [0, 0.05) is 35.5 Å². The maximum Gasteiger partial charge on any atom is 0.237 e. The van der Waals surface area contributed by atoms with Gasteiger partial charge in [-0.3, -0.25) is 19.5 Å². The molecule has 4 rings (SSSR count). The maximum atomic E-state index is 13.4. The number of primary amides is 1. The Bertz CT molecular complexity index is 1120. The highest BCUT2D eigenvalue weighted by Crippen LogP contribution is 2.29. The smallest absolute Gasteiger partial charge is 0.237 e. The zero-order valence-corrected chi connectivity index (χ0v) is 18.4. The molecule has 1 aliphatic heterocycles. The number of H-pyrrole nitrogens is 1. The number of aromatic amines is 1. The van der Waals surface area contributed by atoms with Crippen LogP contribution in [0.2, 0.25) is 5.02 Å². The maximum absolute atomic E-state index is 13.4. The van der Waals surface area contributed by atoms with E-state index in [4.69, 9.17) is 17.3 Å². The lowest BCUT2D eigenvalue weighted by Crippen LogP contribution is -2.51. The van der Waals surface area contributed by atoms with E-state index in [1.54, 1.807) is 31.5 Å². The number of hydrogen-bond acceptors (Lipinski definition) is 4. The normalized spacial score (nSPS) is 19.8. The molecule has 1 saturated heterocycles. The summed E-state index contributed by atoms with van der Waals surface area (Å²) in [5.41, 5.74) is 8.35. The number of halogens is 2. The van der Waals surface area contributed by atoms with Crippen molar-refractivity contribution in [1.29, 1.82) is 0 Å². The van der Waals surface area contributed by atoms with Gasteiger partial charge in [-0.15, -0.1) is 0 Å². The molecule has 0 spiro atoms. The Morgan fingerprint density at radius 1 is 1.38 bits per heavy atom. The standard InChI is InChI=1S/C23H25ClFN5O2/c1-13(23(32)28-11-17-9-16-10-27-5-4-20(16)29-17)30-12-15(8-21(30)22(26)31)6-14-2-3-19(25)18(24)7-14/h2-5,7,9-10,13,15,21,29H,6,8,11-12H2,1H3,(H2,26,31)(H,28,32)/t13-,15?,21?/m0/s1. The number of fused-ring (bicyclic) bond motifs is 1. The van der Waals surface area contributed by atoms with Gasteiger partial charge in [-0.1, -0.05) is 17.7 Å². The van der Waals surface area contributed by atoms with Gasteiger partial charge in [0.2, 0.25) is 11.8 Å². The molecule has 3 atom stereocenters. The van der Waals surface area contributed by atoms with Crippen molar-refractivity contribution in [3.8, 4) is 0 Å². The second-order valence-corrected chi connectivity index (χ2v) is 8.73. The van der Waals surface area contributed by atoms with Crippen molar-refractivity contribution in [1.82, 2.24) is 20.2 Å². The molecule has 0 saturated carbocycles. The zero-order chi connectivity index (χ0) is 22.8. The summed E-state index contributed by atoms with van der Waals surface area (Å²) in [7, 11) is 0. The van der Waals surface area contributed by atoms with E-state index in [1.807, 2.05) is 17.0 Å². The molecule has 4 N–H and O–H groups in total. The fourth-order valence-corrected chi connectivity index (χ4v) is 4.62. The minimum atomic E-state index is -0.532. The van der Waals surface area contributed by atoms with Crippen LogP contribution in [0.5, 0.6) is 0 Å². The van der Waals surface area contributed by atoms with Crippen LogP contribution in [-0.2, 0) is 22.6 Å². The van der Waals surface area contributed by atoms with Crippen LogP contribution in [0.15, 0.2) is 42.7 Å². The van der Waals surface area contributed by atoms with E-state index in [9.17, 15) is 14.0 Å². The lowest BCUT2D eigenvalue weighted by Gasteiger charge is -2.28. The van der Waals surface area contributed by atoms with E-state index in [0.717, 1.165) is 22.2 Å². The van der Waals surface area contributed by atoms with Gasteiger partial charge in [0.15, 0.2) is 0 Å². The molecule has 7 nitrogen and oxygen atoms in total. The number of benzene rings is 1. The Morgan fingerprint density at radius 2 is 2.19 bits per heavy atom. The van der Waals surface area contributed by atoms with Gasteiger partial charge < -0.3 is 16.0 Å². The molecule has 2 unspecified atom stereocenters. The Hall–Kier alpha value is -2.97. The van der Waals surface area contributed by atoms with Crippen molar-refractivity contribution in [2.75, 3.05) is 6.54 Å². The van der Waals surface area contributed by atoms with Crippen LogP contribution in [0.25, 0.3) is 10.9 Å². The van der Waals surface area contributed by atoms with E-state index in [2.05, 4.69) is 15.3 Å².